The summed E-state index contributed by atoms with van der Waals surface area (Å²) in [5.41, 5.74) is 6.04. The molecular weight excluding hydrogens is 336 g/mol. The Morgan fingerprint density at radius 1 is 0.769 bits per heavy atom. The molecule has 3 heteroatoms. The molecule has 0 radical (unpaired) electrons. The molecule has 128 valence electrons. The lowest BCUT2D eigenvalue weighted by molar-refractivity contribution is 1.06. The van der Waals surface area contributed by atoms with Crippen LogP contribution in [0.15, 0.2) is 90.3 Å². The maximum absolute atomic E-state index is 4.77. The van der Waals surface area contributed by atoms with Gasteiger partial charge in [-0.1, -0.05) is 78.9 Å². The summed E-state index contributed by atoms with van der Waals surface area (Å²) in [6, 6.07) is 29.4. The van der Waals surface area contributed by atoms with Crippen molar-refractivity contribution in [2.24, 2.45) is 0 Å². The molecule has 0 bridgehead atoms. The van der Waals surface area contributed by atoms with Crippen LogP contribution in [-0.4, -0.2) is 4.98 Å². The first kappa shape index (κ1) is 16.6. The van der Waals surface area contributed by atoms with Crippen molar-refractivity contribution < 1.29 is 0 Å². The van der Waals surface area contributed by atoms with Crippen molar-refractivity contribution >= 4 is 17.0 Å². The van der Waals surface area contributed by atoms with E-state index in [2.05, 4.69) is 89.6 Å². The number of aromatic nitrogens is 1. The third kappa shape index (κ3) is 4.01. The highest BCUT2D eigenvalue weighted by molar-refractivity contribution is 7.13. The van der Waals surface area contributed by atoms with Crippen molar-refractivity contribution in [3.63, 3.8) is 0 Å². The van der Waals surface area contributed by atoms with E-state index in [1.165, 1.54) is 22.4 Å². The standard InChI is InChI=1S/C23H20N2S/c1-3-9-18(10-4-1)15-20-13-7-8-14-22(20)24-16-21-17-26-23(25-21)19-11-5-2-6-12-19/h1-14,17,24H,15-16H2. The van der Waals surface area contributed by atoms with Crippen LogP contribution in [0, 0.1) is 0 Å². The molecule has 0 saturated carbocycles. The molecule has 2 nitrogen and oxygen atoms in total. The monoisotopic (exact) mass is 356 g/mol. The van der Waals surface area contributed by atoms with Gasteiger partial charge in [-0.3, -0.25) is 0 Å². The van der Waals surface area contributed by atoms with Crippen LogP contribution in [0.4, 0.5) is 5.69 Å². The number of hydrogen-bond acceptors (Lipinski definition) is 3. The van der Waals surface area contributed by atoms with E-state index in [-0.39, 0.29) is 0 Å². The van der Waals surface area contributed by atoms with Crippen molar-refractivity contribution in [2.45, 2.75) is 13.0 Å². The molecule has 0 unspecified atom stereocenters. The first-order valence-electron chi connectivity index (χ1n) is 8.74. The Morgan fingerprint density at radius 3 is 2.27 bits per heavy atom. The highest BCUT2D eigenvalue weighted by Crippen LogP contribution is 2.24. The largest absolute Gasteiger partial charge is 0.379 e. The maximum atomic E-state index is 4.77. The molecule has 0 fully saturated rings. The van der Waals surface area contributed by atoms with Crippen molar-refractivity contribution in [2.75, 3.05) is 5.32 Å². The predicted molar refractivity (Wildman–Crippen MR) is 111 cm³/mol. The first-order chi connectivity index (χ1) is 12.9. The molecular formula is C23H20N2S. The van der Waals surface area contributed by atoms with Gasteiger partial charge in [0.2, 0.25) is 0 Å². The average molecular weight is 356 g/mol. The van der Waals surface area contributed by atoms with Crippen LogP contribution in [0.2, 0.25) is 0 Å². The van der Waals surface area contributed by atoms with Crippen molar-refractivity contribution in [1.29, 1.82) is 0 Å². The van der Waals surface area contributed by atoms with Gasteiger partial charge in [-0.25, -0.2) is 4.98 Å². The molecule has 0 aliphatic rings. The van der Waals surface area contributed by atoms with Crippen LogP contribution < -0.4 is 5.32 Å². The SMILES string of the molecule is c1ccc(Cc2ccccc2NCc2csc(-c3ccccc3)n2)cc1. The van der Waals surface area contributed by atoms with Gasteiger partial charge in [0.1, 0.15) is 5.01 Å². The summed E-state index contributed by atoms with van der Waals surface area (Å²) in [6.07, 6.45) is 0.927. The van der Waals surface area contributed by atoms with E-state index in [0.717, 1.165) is 23.7 Å². The van der Waals surface area contributed by atoms with Crippen LogP contribution >= 0.6 is 11.3 Å². The summed E-state index contributed by atoms with van der Waals surface area (Å²) in [4.78, 5) is 4.77. The molecule has 1 heterocycles. The fourth-order valence-electron chi connectivity index (χ4n) is 2.95. The van der Waals surface area contributed by atoms with Crippen molar-refractivity contribution in [1.82, 2.24) is 4.98 Å². The fourth-order valence-corrected chi connectivity index (χ4v) is 3.78. The van der Waals surface area contributed by atoms with Gasteiger partial charge in [-0.15, -0.1) is 11.3 Å². The minimum absolute atomic E-state index is 0.731. The zero-order valence-corrected chi connectivity index (χ0v) is 15.2. The number of benzene rings is 3. The second-order valence-electron chi connectivity index (χ2n) is 6.18. The second-order valence-corrected chi connectivity index (χ2v) is 7.04. The average Bonchev–Trinajstić information content (AvgIpc) is 3.18. The molecule has 1 aromatic heterocycles. The van der Waals surface area contributed by atoms with E-state index in [9.17, 15) is 0 Å². The summed E-state index contributed by atoms with van der Waals surface area (Å²) in [6.45, 7) is 0.731. The zero-order chi connectivity index (χ0) is 17.6. The maximum Gasteiger partial charge on any atom is 0.123 e. The van der Waals surface area contributed by atoms with Gasteiger partial charge in [0.15, 0.2) is 0 Å². The lowest BCUT2D eigenvalue weighted by atomic mass is 10.0. The topological polar surface area (TPSA) is 24.9 Å². The minimum atomic E-state index is 0.731. The molecule has 4 rings (SSSR count). The molecule has 0 atom stereocenters. The third-order valence-corrected chi connectivity index (χ3v) is 5.23. The Labute approximate surface area is 158 Å². The lowest BCUT2D eigenvalue weighted by Gasteiger charge is -2.11. The molecule has 0 amide bonds. The van der Waals surface area contributed by atoms with Crippen molar-refractivity contribution in [3.8, 4) is 10.6 Å². The number of nitrogens with one attached hydrogen (secondary N) is 1. The van der Waals surface area contributed by atoms with E-state index in [1.807, 2.05) is 6.07 Å². The van der Waals surface area contributed by atoms with E-state index in [4.69, 9.17) is 4.98 Å². The molecule has 1 N–H and O–H groups in total. The molecule has 0 aliphatic heterocycles. The number of thiazole rings is 1. The molecule has 0 aliphatic carbocycles. The van der Waals surface area contributed by atoms with E-state index in [0.29, 0.717) is 0 Å². The fraction of sp³-hybridized carbons (Fsp3) is 0.0870. The van der Waals surface area contributed by atoms with E-state index in [1.54, 1.807) is 11.3 Å². The number of para-hydroxylation sites is 1. The van der Waals surface area contributed by atoms with Gasteiger partial charge in [-0.05, 0) is 23.6 Å². The Morgan fingerprint density at radius 2 is 1.46 bits per heavy atom. The Bertz CT molecular complexity index is 962. The zero-order valence-electron chi connectivity index (χ0n) is 14.4. The van der Waals surface area contributed by atoms with Gasteiger partial charge in [0.05, 0.1) is 12.2 Å². The Kier molecular flexibility index (Phi) is 5.08. The number of nitrogens with zero attached hydrogens (tertiary/aromatic N) is 1. The van der Waals surface area contributed by atoms with Crippen LogP contribution in [0.5, 0.6) is 0 Å². The molecule has 4 aromatic rings. The van der Waals surface area contributed by atoms with Gasteiger partial charge in [0, 0.05) is 16.6 Å². The summed E-state index contributed by atoms with van der Waals surface area (Å²) >= 11 is 1.69. The second kappa shape index (κ2) is 7.98. The highest BCUT2D eigenvalue weighted by Gasteiger charge is 2.06. The molecule has 0 saturated heterocycles. The number of anilines is 1. The predicted octanol–water partition coefficient (Wildman–Crippen LogP) is 6.01. The van der Waals surface area contributed by atoms with Gasteiger partial charge in [-0.2, -0.15) is 0 Å². The quantitative estimate of drug-likeness (QED) is 0.457. The normalized spacial score (nSPS) is 10.6. The van der Waals surface area contributed by atoms with Crippen LogP contribution in [0.25, 0.3) is 10.6 Å². The summed E-state index contributed by atoms with van der Waals surface area (Å²) in [7, 11) is 0. The highest BCUT2D eigenvalue weighted by atomic mass is 32.1. The smallest absolute Gasteiger partial charge is 0.123 e. The third-order valence-electron chi connectivity index (χ3n) is 4.29. The van der Waals surface area contributed by atoms with E-state index < -0.39 is 0 Å². The van der Waals surface area contributed by atoms with Crippen LogP contribution in [0.3, 0.4) is 0 Å². The summed E-state index contributed by atoms with van der Waals surface area (Å²) < 4.78 is 0. The van der Waals surface area contributed by atoms with Crippen LogP contribution in [-0.2, 0) is 13.0 Å². The number of hydrogen-bond donors (Lipinski definition) is 1. The lowest BCUT2D eigenvalue weighted by Crippen LogP contribution is -2.03. The van der Waals surface area contributed by atoms with Gasteiger partial charge >= 0.3 is 0 Å². The summed E-state index contributed by atoms with van der Waals surface area (Å²) in [5.74, 6) is 0. The van der Waals surface area contributed by atoms with Crippen LogP contribution in [0.1, 0.15) is 16.8 Å². The first-order valence-corrected chi connectivity index (χ1v) is 9.62. The minimum Gasteiger partial charge on any atom is -0.379 e. The van der Waals surface area contributed by atoms with Gasteiger partial charge < -0.3 is 5.32 Å². The Balaban J connectivity index is 1.46. The molecule has 26 heavy (non-hydrogen) atoms. The van der Waals surface area contributed by atoms with Crippen molar-refractivity contribution in [3.05, 3.63) is 107 Å². The molecule has 3 aromatic carbocycles. The summed E-state index contributed by atoms with van der Waals surface area (Å²) in [5, 5.41) is 6.76. The van der Waals surface area contributed by atoms with Gasteiger partial charge in [0.25, 0.3) is 0 Å². The van der Waals surface area contributed by atoms with E-state index >= 15 is 0 Å². The number of rotatable bonds is 6. The Hall–Kier alpha value is -2.91. The molecule has 0 spiro atoms.